The highest BCUT2D eigenvalue weighted by Crippen LogP contribution is 2.54. The summed E-state index contributed by atoms with van der Waals surface area (Å²) >= 11 is 6.67. The highest BCUT2D eigenvalue weighted by molar-refractivity contribution is 6.31. The van der Waals surface area contributed by atoms with Crippen LogP contribution in [0.25, 0.3) is 0 Å². The second-order valence-corrected chi connectivity index (χ2v) is 12.1. The van der Waals surface area contributed by atoms with E-state index in [4.69, 9.17) is 25.8 Å². The molecule has 0 bridgehead atoms. The summed E-state index contributed by atoms with van der Waals surface area (Å²) in [7, 11) is 0. The molecule has 5 atom stereocenters. The molecule has 0 radical (unpaired) electrons. The Bertz CT molecular complexity index is 1460. The first-order valence-electron chi connectivity index (χ1n) is 15.5. The average molecular weight is 619 g/mol. The number of hydrogen-bond acceptors (Lipinski definition) is 3. The molecule has 0 aliphatic heterocycles. The summed E-state index contributed by atoms with van der Waals surface area (Å²) in [5, 5.41) is 0.542. The number of ether oxygens (including phenoxy) is 3. The molecule has 5 rings (SSSR count). The molecule has 0 heterocycles. The van der Waals surface area contributed by atoms with Crippen molar-refractivity contribution in [1.82, 2.24) is 0 Å². The van der Waals surface area contributed by atoms with E-state index in [1.54, 1.807) is 12.1 Å². The van der Waals surface area contributed by atoms with Crippen molar-refractivity contribution >= 4 is 11.6 Å². The van der Waals surface area contributed by atoms with Crippen molar-refractivity contribution in [3.8, 4) is 5.75 Å². The van der Waals surface area contributed by atoms with Gasteiger partial charge in [0.05, 0.1) is 37.9 Å². The maximum Gasteiger partial charge on any atom is 0.260 e. The molecule has 1 aliphatic carbocycles. The lowest BCUT2D eigenvalue weighted by molar-refractivity contribution is -0.231. The van der Waals surface area contributed by atoms with Crippen molar-refractivity contribution in [3.63, 3.8) is 0 Å². The largest absolute Gasteiger partial charge is 0.494 e. The van der Waals surface area contributed by atoms with Gasteiger partial charge in [0.25, 0.3) is 5.92 Å². The van der Waals surface area contributed by atoms with Gasteiger partial charge in [0.2, 0.25) is 0 Å². The van der Waals surface area contributed by atoms with Crippen LogP contribution >= 0.6 is 11.6 Å². The molecule has 1 saturated carbocycles. The lowest BCUT2D eigenvalue weighted by atomic mass is 9.65. The van der Waals surface area contributed by atoms with Crippen LogP contribution in [0.5, 0.6) is 5.75 Å². The van der Waals surface area contributed by atoms with E-state index in [2.05, 4.69) is 0 Å². The van der Waals surface area contributed by atoms with Gasteiger partial charge in [-0.25, -0.2) is 8.78 Å². The smallest absolute Gasteiger partial charge is 0.260 e. The first-order chi connectivity index (χ1) is 21.3. The summed E-state index contributed by atoms with van der Waals surface area (Å²) in [5.41, 5.74) is 4.24. The van der Waals surface area contributed by atoms with Crippen LogP contribution in [0.1, 0.15) is 60.9 Å². The molecule has 232 valence electrons. The third-order valence-electron chi connectivity index (χ3n) is 8.78. The molecule has 0 N–H and O–H groups in total. The molecule has 3 nitrogen and oxygen atoms in total. The third kappa shape index (κ3) is 7.34. The quantitative estimate of drug-likeness (QED) is 0.158. The fraction of sp³-hybridized carbons (Fsp3) is 0.368. The van der Waals surface area contributed by atoms with Crippen molar-refractivity contribution in [3.05, 3.63) is 136 Å². The molecule has 1 unspecified atom stereocenters. The zero-order valence-electron chi connectivity index (χ0n) is 25.6. The minimum Gasteiger partial charge on any atom is -0.494 e. The van der Waals surface area contributed by atoms with Crippen LogP contribution in [0.3, 0.4) is 0 Å². The second kappa shape index (κ2) is 14.7. The van der Waals surface area contributed by atoms with Gasteiger partial charge in [-0.3, -0.25) is 0 Å². The van der Waals surface area contributed by atoms with Gasteiger partial charge in [-0.15, -0.1) is 0 Å². The standard InChI is InChI=1S/C38H41ClF2O3/c1-4-33-26(3)36(43-24-28-12-8-6-9-13-28)37(44-25-29-14-10-7-11-15-29)35(38(33,40)41)30-18-21-34(39)31(23-30)22-27-16-19-32(20-17-27)42-5-2/h6-21,23,26,33,35-37H,4-5,22,24-25H2,1-3H3/t26-,33-,35?,36+,37+/m1/s1. The van der Waals surface area contributed by atoms with Gasteiger partial charge in [0.1, 0.15) is 5.75 Å². The summed E-state index contributed by atoms with van der Waals surface area (Å²) in [5.74, 6) is -4.77. The maximum absolute atomic E-state index is 16.8. The lowest BCUT2D eigenvalue weighted by Crippen LogP contribution is -2.58. The summed E-state index contributed by atoms with van der Waals surface area (Å²) in [6.45, 7) is 6.78. The predicted octanol–water partition coefficient (Wildman–Crippen LogP) is 9.90. The molecule has 44 heavy (non-hydrogen) atoms. The number of halogens is 3. The molecular weight excluding hydrogens is 578 g/mol. The van der Waals surface area contributed by atoms with E-state index in [0.29, 0.717) is 36.6 Å². The average Bonchev–Trinajstić information content (AvgIpc) is 3.03. The van der Waals surface area contributed by atoms with Gasteiger partial charge >= 0.3 is 0 Å². The Morgan fingerprint density at radius 2 is 1.32 bits per heavy atom. The van der Waals surface area contributed by atoms with E-state index >= 15 is 8.78 Å². The lowest BCUT2D eigenvalue weighted by Gasteiger charge is -2.50. The van der Waals surface area contributed by atoms with E-state index in [-0.39, 0.29) is 6.61 Å². The molecule has 1 aliphatic rings. The highest BCUT2D eigenvalue weighted by Gasteiger charge is 2.60. The molecule has 4 aromatic rings. The Labute approximate surface area is 265 Å². The molecule has 0 spiro atoms. The van der Waals surface area contributed by atoms with Gasteiger partial charge in [-0.2, -0.15) is 0 Å². The Balaban J connectivity index is 1.52. The molecule has 4 aromatic carbocycles. The maximum atomic E-state index is 16.8. The summed E-state index contributed by atoms with van der Waals surface area (Å²) in [4.78, 5) is 0. The van der Waals surface area contributed by atoms with Crippen LogP contribution in [0.15, 0.2) is 103 Å². The zero-order chi connectivity index (χ0) is 31.1. The third-order valence-corrected chi connectivity index (χ3v) is 9.15. The fourth-order valence-electron chi connectivity index (χ4n) is 6.56. The highest BCUT2D eigenvalue weighted by atomic mass is 35.5. The van der Waals surface area contributed by atoms with Crippen molar-refractivity contribution < 1.29 is 23.0 Å². The van der Waals surface area contributed by atoms with Gasteiger partial charge < -0.3 is 14.2 Å². The fourth-order valence-corrected chi connectivity index (χ4v) is 6.74. The monoisotopic (exact) mass is 618 g/mol. The summed E-state index contributed by atoms with van der Waals surface area (Å²) < 4.78 is 52.2. The Morgan fingerprint density at radius 3 is 1.89 bits per heavy atom. The topological polar surface area (TPSA) is 27.7 Å². The Morgan fingerprint density at radius 1 is 0.727 bits per heavy atom. The second-order valence-electron chi connectivity index (χ2n) is 11.7. The SMILES string of the molecule is CCOc1ccc(Cc2cc(C3[C@H](OCc4ccccc4)[C@@H](OCc4ccccc4)[C@H](C)[C@@H](CC)C3(F)F)ccc2Cl)cc1. The van der Waals surface area contributed by atoms with Crippen LogP contribution in [0, 0.1) is 11.8 Å². The van der Waals surface area contributed by atoms with E-state index in [0.717, 1.165) is 28.0 Å². The van der Waals surface area contributed by atoms with Gasteiger partial charge in [0.15, 0.2) is 0 Å². The Kier molecular flexibility index (Phi) is 10.7. The van der Waals surface area contributed by atoms with Crippen LogP contribution in [0.4, 0.5) is 8.78 Å². The van der Waals surface area contributed by atoms with Gasteiger partial charge in [-0.05, 0) is 71.7 Å². The minimum absolute atomic E-state index is 0.208. The summed E-state index contributed by atoms with van der Waals surface area (Å²) in [6.07, 6.45) is -0.590. The van der Waals surface area contributed by atoms with Crippen LogP contribution in [-0.2, 0) is 29.1 Å². The van der Waals surface area contributed by atoms with Crippen molar-refractivity contribution in [1.29, 1.82) is 0 Å². The molecule has 0 amide bonds. The Hall–Kier alpha value is -3.25. The van der Waals surface area contributed by atoms with E-state index in [1.807, 2.05) is 112 Å². The number of alkyl halides is 2. The van der Waals surface area contributed by atoms with Gasteiger partial charge in [0, 0.05) is 10.9 Å². The van der Waals surface area contributed by atoms with Crippen molar-refractivity contribution in [2.75, 3.05) is 6.61 Å². The molecule has 0 aromatic heterocycles. The van der Waals surface area contributed by atoms with E-state index in [1.165, 1.54) is 0 Å². The number of benzene rings is 4. The normalized spacial score (nSPS) is 22.9. The van der Waals surface area contributed by atoms with Gasteiger partial charge in [-0.1, -0.05) is 110 Å². The summed E-state index contributed by atoms with van der Waals surface area (Å²) in [6, 6.07) is 32.6. The molecule has 6 heteroatoms. The first kappa shape index (κ1) is 32.2. The van der Waals surface area contributed by atoms with Crippen molar-refractivity contribution in [2.45, 2.75) is 70.9 Å². The van der Waals surface area contributed by atoms with E-state index < -0.39 is 35.9 Å². The number of rotatable bonds is 12. The van der Waals surface area contributed by atoms with Crippen LogP contribution in [0.2, 0.25) is 5.02 Å². The minimum atomic E-state index is -3.04. The van der Waals surface area contributed by atoms with Crippen LogP contribution in [-0.4, -0.2) is 24.7 Å². The van der Waals surface area contributed by atoms with E-state index in [9.17, 15) is 0 Å². The zero-order valence-corrected chi connectivity index (χ0v) is 26.4. The predicted molar refractivity (Wildman–Crippen MR) is 173 cm³/mol. The van der Waals surface area contributed by atoms with Crippen LogP contribution < -0.4 is 4.74 Å². The van der Waals surface area contributed by atoms with Crippen molar-refractivity contribution in [2.24, 2.45) is 11.8 Å². The number of hydrogen-bond donors (Lipinski definition) is 0. The molecule has 1 fully saturated rings. The first-order valence-corrected chi connectivity index (χ1v) is 15.9. The molecule has 0 saturated heterocycles. The molecular formula is C38H41ClF2O3.